The molecule has 2 N–H and O–H groups in total. The van der Waals surface area contributed by atoms with Gasteiger partial charge in [0.2, 0.25) is 0 Å². The maximum absolute atomic E-state index is 12.9. The number of benzene rings is 1. The van der Waals surface area contributed by atoms with E-state index >= 15 is 0 Å². The summed E-state index contributed by atoms with van der Waals surface area (Å²) in [6.07, 6.45) is 2.42. The van der Waals surface area contributed by atoms with Crippen LogP contribution in [0.5, 0.6) is 5.75 Å². The molecule has 8 nitrogen and oxygen atoms in total. The minimum absolute atomic E-state index is 0.0136. The van der Waals surface area contributed by atoms with Crippen molar-refractivity contribution in [2.24, 2.45) is 0 Å². The number of rotatable bonds is 9. The normalized spacial score (nSPS) is 13.9. The van der Waals surface area contributed by atoms with E-state index in [-0.39, 0.29) is 16.3 Å². The van der Waals surface area contributed by atoms with Crippen LogP contribution in [0.1, 0.15) is 38.8 Å². The van der Waals surface area contributed by atoms with Crippen molar-refractivity contribution in [3.8, 4) is 5.75 Å². The van der Waals surface area contributed by atoms with Crippen LogP contribution in [0.25, 0.3) is 0 Å². The molecular formula is C19H26N4O4S2. The number of amides is 2. The van der Waals surface area contributed by atoms with Crippen LogP contribution in [-0.2, 0) is 10.0 Å². The summed E-state index contributed by atoms with van der Waals surface area (Å²) < 4.78 is 33.4. The van der Waals surface area contributed by atoms with Gasteiger partial charge in [-0.3, -0.25) is 4.90 Å². The molecule has 29 heavy (non-hydrogen) atoms. The van der Waals surface area contributed by atoms with Crippen LogP contribution in [-0.4, -0.2) is 38.6 Å². The van der Waals surface area contributed by atoms with E-state index < -0.39 is 10.0 Å². The third kappa shape index (κ3) is 5.46. The maximum Gasteiger partial charge on any atom is 0.328 e. The van der Waals surface area contributed by atoms with E-state index in [9.17, 15) is 13.2 Å². The second-order valence-corrected chi connectivity index (χ2v) is 9.69. The van der Waals surface area contributed by atoms with Gasteiger partial charge in [-0.2, -0.15) is 0 Å². The highest BCUT2D eigenvalue weighted by Gasteiger charge is 2.32. The molecule has 0 radical (unpaired) electrons. The van der Waals surface area contributed by atoms with Gasteiger partial charge in [0.1, 0.15) is 5.75 Å². The summed E-state index contributed by atoms with van der Waals surface area (Å²) in [6.45, 7) is 6.49. The van der Waals surface area contributed by atoms with Crippen LogP contribution in [0.3, 0.4) is 0 Å². The van der Waals surface area contributed by atoms with Crippen LogP contribution in [0.4, 0.5) is 15.6 Å². The fourth-order valence-corrected chi connectivity index (χ4v) is 5.56. The number of aryl methyl sites for hydroxylation is 1. The molecule has 0 atom stereocenters. The van der Waals surface area contributed by atoms with Crippen LogP contribution < -0.4 is 19.7 Å². The molecule has 1 heterocycles. The number of carbonyl (C=O) groups is 1. The van der Waals surface area contributed by atoms with Crippen molar-refractivity contribution in [3.05, 3.63) is 30.0 Å². The highest BCUT2D eigenvalue weighted by molar-refractivity contribution is 7.91. The van der Waals surface area contributed by atoms with Gasteiger partial charge in [-0.05, 0) is 57.4 Å². The van der Waals surface area contributed by atoms with Crippen molar-refractivity contribution < 1.29 is 17.9 Å². The van der Waals surface area contributed by atoms with E-state index in [0.717, 1.165) is 29.9 Å². The molecular weight excluding hydrogens is 412 g/mol. The topological polar surface area (TPSA) is 101 Å². The average Bonchev–Trinajstić information content (AvgIpc) is 3.38. The fraction of sp³-hybridized carbons (Fsp3) is 0.474. The van der Waals surface area contributed by atoms with Gasteiger partial charge < -0.3 is 10.1 Å². The Hall–Kier alpha value is -2.17. The molecule has 1 aromatic heterocycles. The molecule has 2 amide bonds. The molecule has 0 saturated heterocycles. The van der Waals surface area contributed by atoms with Crippen LogP contribution in [0, 0.1) is 6.92 Å². The van der Waals surface area contributed by atoms with Gasteiger partial charge in [0, 0.05) is 18.3 Å². The molecule has 1 saturated carbocycles. The highest BCUT2D eigenvalue weighted by atomic mass is 32.2. The third-order valence-corrected chi connectivity index (χ3v) is 7.54. The number of aromatic nitrogens is 1. The molecule has 0 bridgehead atoms. The lowest BCUT2D eigenvalue weighted by Crippen LogP contribution is -2.35. The van der Waals surface area contributed by atoms with E-state index in [1.807, 2.05) is 13.8 Å². The molecule has 1 fully saturated rings. The monoisotopic (exact) mass is 438 g/mol. The Morgan fingerprint density at radius 3 is 2.55 bits per heavy atom. The minimum atomic E-state index is -3.62. The molecule has 10 heteroatoms. The molecule has 0 aliphatic heterocycles. The Balaban J connectivity index is 1.78. The van der Waals surface area contributed by atoms with E-state index in [4.69, 9.17) is 4.74 Å². The zero-order valence-corrected chi connectivity index (χ0v) is 18.4. The van der Waals surface area contributed by atoms with Gasteiger partial charge in [-0.15, -0.1) is 0 Å². The first kappa shape index (κ1) is 21.5. The molecule has 1 aromatic carbocycles. The number of nitrogens with zero attached hydrogens (tertiary/aromatic N) is 2. The first-order chi connectivity index (χ1) is 13.8. The van der Waals surface area contributed by atoms with Crippen molar-refractivity contribution in [2.75, 3.05) is 23.4 Å². The smallest absolute Gasteiger partial charge is 0.328 e. The summed E-state index contributed by atoms with van der Waals surface area (Å²) in [5.74, 6) is 0.726. The first-order valence-corrected chi connectivity index (χ1v) is 11.9. The molecule has 0 spiro atoms. The lowest BCUT2D eigenvalue weighted by Gasteiger charge is -2.19. The van der Waals surface area contributed by atoms with Crippen LogP contribution in [0.2, 0.25) is 0 Å². The Labute approximate surface area is 175 Å². The molecule has 158 valence electrons. The van der Waals surface area contributed by atoms with Gasteiger partial charge in [0.05, 0.1) is 12.3 Å². The summed E-state index contributed by atoms with van der Waals surface area (Å²) in [4.78, 5) is 18.7. The Kier molecular flexibility index (Phi) is 6.76. The summed E-state index contributed by atoms with van der Waals surface area (Å²) in [5.41, 5.74) is 1.02. The summed E-state index contributed by atoms with van der Waals surface area (Å²) in [6, 6.07) is 6.74. The lowest BCUT2D eigenvalue weighted by molar-refractivity contribution is 0.257. The third-order valence-electron chi connectivity index (χ3n) is 4.23. The maximum atomic E-state index is 12.9. The Bertz CT molecular complexity index is 953. The quantitative estimate of drug-likeness (QED) is 0.621. The number of hydrogen-bond acceptors (Lipinski definition) is 6. The minimum Gasteiger partial charge on any atom is -0.494 e. The fourth-order valence-electron chi connectivity index (χ4n) is 2.71. The molecule has 0 unspecified atom stereocenters. The molecule has 1 aliphatic rings. The van der Waals surface area contributed by atoms with Crippen molar-refractivity contribution >= 4 is 38.2 Å². The van der Waals surface area contributed by atoms with Crippen molar-refractivity contribution in [1.82, 2.24) is 9.71 Å². The molecule has 2 aromatic rings. The summed E-state index contributed by atoms with van der Waals surface area (Å²) in [5, 5.41) is 3.20. The lowest BCUT2D eigenvalue weighted by atomic mass is 10.3. The summed E-state index contributed by atoms with van der Waals surface area (Å²) >= 11 is 1.02. The predicted molar refractivity (Wildman–Crippen MR) is 114 cm³/mol. The Morgan fingerprint density at radius 2 is 1.97 bits per heavy atom. The van der Waals surface area contributed by atoms with E-state index in [1.165, 1.54) is 4.90 Å². The van der Waals surface area contributed by atoms with Gasteiger partial charge in [0.25, 0.3) is 10.0 Å². The van der Waals surface area contributed by atoms with E-state index in [1.54, 1.807) is 31.2 Å². The summed E-state index contributed by atoms with van der Waals surface area (Å²) in [7, 11) is -3.62. The van der Waals surface area contributed by atoms with Crippen molar-refractivity contribution in [3.63, 3.8) is 0 Å². The number of urea groups is 1. The van der Waals surface area contributed by atoms with Crippen molar-refractivity contribution in [1.29, 1.82) is 0 Å². The predicted octanol–water partition coefficient (Wildman–Crippen LogP) is 3.74. The molecule has 3 rings (SSSR count). The zero-order chi connectivity index (χ0) is 21.0. The van der Waals surface area contributed by atoms with E-state index in [0.29, 0.717) is 36.1 Å². The van der Waals surface area contributed by atoms with Gasteiger partial charge >= 0.3 is 6.03 Å². The first-order valence-electron chi connectivity index (χ1n) is 9.65. The highest BCUT2D eigenvalue weighted by Crippen LogP contribution is 2.32. The number of thiazole rings is 1. The van der Waals surface area contributed by atoms with Gasteiger partial charge in [0.15, 0.2) is 9.34 Å². The number of anilines is 2. The number of nitrogens with one attached hydrogen (secondary N) is 2. The molecule has 1 aliphatic carbocycles. The zero-order valence-electron chi connectivity index (χ0n) is 16.8. The standard InChI is InChI=1S/C19H26N4O4S2/c1-4-12-23(18(24)21-14-8-10-16(11-9-14)27-5-2)19-20-13(3)17(28-19)29(25,26)22-15-6-7-15/h8-11,15,22H,4-7,12H2,1-3H3,(H,21,24). The second-order valence-electron chi connectivity index (χ2n) is 6.80. The van der Waals surface area contributed by atoms with Crippen molar-refractivity contribution in [2.45, 2.75) is 50.3 Å². The number of carbonyl (C=O) groups excluding carboxylic acids is 1. The average molecular weight is 439 g/mol. The van der Waals surface area contributed by atoms with Gasteiger partial charge in [-0.1, -0.05) is 18.3 Å². The number of sulfonamides is 1. The number of ether oxygens (including phenoxy) is 1. The number of hydrogen-bond donors (Lipinski definition) is 2. The Morgan fingerprint density at radius 1 is 1.28 bits per heavy atom. The largest absolute Gasteiger partial charge is 0.494 e. The second kappa shape index (κ2) is 9.10. The SMILES string of the molecule is CCCN(C(=O)Nc1ccc(OCC)cc1)c1nc(C)c(S(=O)(=O)NC2CC2)s1. The van der Waals surface area contributed by atoms with E-state index in [2.05, 4.69) is 15.0 Å². The van der Waals surface area contributed by atoms with Gasteiger partial charge in [-0.25, -0.2) is 22.9 Å². The van der Waals surface area contributed by atoms with Crippen LogP contribution in [0.15, 0.2) is 28.5 Å². The van der Waals surface area contributed by atoms with Crippen LogP contribution >= 0.6 is 11.3 Å².